The number of piperidine rings is 1. The number of carbonyl (C=O) groups excluding carboxylic acids is 1. The largest absolute Gasteiger partial charge is 0.350 e. The molecule has 2 aliphatic rings. The highest BCUT2D eigenvalue weighted by molar-refractivity contribution is 7.89. The number of aromatic nitrogens is 1. The number of carbonyl (C=O) groups is 1. The average Bonchev–Trinajstić information content (AvgIpc) is 3.44. The van der Waals surface area contributed by atoms with Crippen molar-refractivity contribution < 1.29 is 13.2 Å². The lowest BCUT2D eigenvalue weighted by Gasteiger charge is -2.30. The van der Waals surface area contributed by atoms with Crippen molar-refractivity contribution in [1.29, 1.82) is 0 Å². The third-order valence-electron chi connectivity index (χ3n) is 5.20. The van der Waals surface area contributed by atoms with Crippen LogP contribution in [0, 0.1) is 5.92 Å². The Kier molecular flexibility index (Phi) is 5.73. The van der Waals surface area contributed by atoms with Crippen LogP contribution in [-0.2, 0) is 21.4 Å². The molecule has 0 atom stereocenters. The van der Waals surface area contributed by atoms with Gasteiger partial charge in [0.15, 0.2) is 0 Å². The molecule has 1 aliphatic heterocycles. The van der Waals surface area contributed by atoms with Crippen molar-refractivity contribution in [3.63, 3.8) is 0 Å². The normalized spacial score (nSPS) is 18.9. The molecule has 1 aliphatic carbocycles. The predicted molar refractivity (Wildman–Crippen MR) is 109 cm³/mol. The number of hydrogen-bond donors (Lipinski definition) is 1. The molecule has 1 saturated carbocycles. The quantitative estimate of drug-likeness (QED) is 0.748. The summed E-state index contributed by atoms with van der Waals surface area (Å²) >= 11 is 7.54. The smallest absolute Gasteiger partial charge is 0.243 e. The van der Waals surface area contributed by atoms with E-state index in [1.807, 2.05) is 5.38 Å². The van der Waals surface area contributed by atoms with Gasteiger partial charge in [0.2, 0.25) is 15.9 Å². The van der Waals surface area contributed by atoms with Crippen LogP contribution in [0.25, 0.3) is 0 Å². The Bertz CT molecular complexity index is 964. The number of rotatable bonds is 6. The fourth-order valence-electron chi connectivity index (χ4n) is 3.38. The van der Waals surface area contributed by atoms with Gasteiger partial charge < -0.3 is 5.32 Å². The summed E-state index contributed by atoms with van der Waals surface area (Å²) in [7, 11) is -3.52. The first-order valence-electron chi connectivity index (χ1n) is 9.41. The maximum Gasteiger partial charge on any atom is 0.243 e. The van der Waals surface area contributed by atoms with Crippen molar-refractivity contribution in [3.8, 4) is 0 Å². The molecule has 28 heavy (non-hydrogen) atoms. The Morgan fingerprint density at radius 1 is 1.25 bits per heavy atom. The molecule has 0 radical (unpaired) electrons. The summed E-state index contributed by atoms with van der Waals surface area (Å²) < 4.78 is 27.1. The van der Waals surface area contributed by atoms with Crippen LogP contribution in [0.1, 0.15) is 42.3 Å². The van der Waals surface area contributed by atoms with Gasteiger partial charge in [-0.3, -0.25) is 4.79 Å². The highest BCUT2D eigenvalue weighted by Gasteiger charge is 2.31. The summed E-state index contributed by atoms with van der Waals surface area (Å²) in [5.74, 6) is 0.571. The van der Waals surface area contributed by atoms with Gasteiger partial charge in [-0.15, -0.1) is 11.3 Å². The summed E-state index contributed by atoms with van der Waals surface area (Å²) in [6.07, 6.45) is 3.46. The maximum atomic E-state index is 12.8. The topological polar surface area (TPSA) is 79.4 Å². The van der Waals surface area contributed by atoms with E-state index in [0.29, 0.717) is 24.7 Å². The monoisotopic (exact) mass is 439 g/mol. The second kappa shape index (κ2) is 8.10. The lowest BCUT2D eigenvalue weighted by Crippen LogP contribution is -2.37. The molecule has 1 aromatic carbocycles. The summed E-state index contributed by atoms with van der Waals surface area (Å²) in [5, 5.41) is 6.36. The Morgan fingerprint density at radius 2 is 2.00 bits per heavy atom. The second-order valence-electron chi connectivity index (χ2n) is 7.30. The summed E-state index contributed by atoms with van der Waals surface area (Å²) in [5.41, 5.74) is 0.878. The van der Waals surface area contributed by atoms with Crippen molar-refractivity contribution in [2.75, 3.05) is 13.1 Å². The fourth-order valence-corrected chi connectivity index (χ4v) is 6.14. The number of nitrogens with zero attached hydrogens (tertiary/aromatic N) is 2. The van der Waals surface area contributed by atoms with Crippen LogP contribution in [-0.4, -0.2) is 36.7 Å². The third kappa shape index (κ3) is 4.40. The number of hydrogen-bond acceptors (Lipinski definition) is 5. The van der Waals surface area contributed by atoms with E-state index in [9.17, 15) is 13.2 Å². The van der Waals surface area contributed by atoms with Crippen LogP contribution in [0.3, 0.4) is 0 Å². The van der Waals surface area contributed by atoms with Gasteiger partial charge in [-0.05, 0) is 43.9 Å². The molecule has 9 heteroatoms. The highest BCUT2D eigenvalue weighted by Crippen LogP contribution is 2.33. The summed E-state index contributed by atoms with van der Waals surface area (Å²) in [6, 6.07) is 6.39. The summed E-state index contributed by atoms with van der Waals surface area (Å²) in [4.78, 5) is 16.6. The van der Waals surface area contributed by atoms with E-state index < -0.39 is 10.0 Å². The number of halogens is 1. The Morgan fingerprint density at radius 3 is 2.68 bits per heavy atom. The lowest BCUT2D eigenvalue weighted by molar-refractivity contribution is -0.122. The molecule has 1 aromatic heterocycles. The van der Waals surface area contributed by atoms with E-state index >= 15 is 0 Å². The molecule has 2 heterocycles. The molecular weight excluding hydrogens is 418 g/mol. The molecule has 1 amide bonds. The van der Waals surface area contributed by atoms with Gasteiger partial charge in [-0.25, -0.2) is 13.4 Å². The molecule has 0 unspecified atom stereocenters. The van der Waals surface area contributed by atoms with Gasteiger partial charge in [0.1, 0.15) is 0 Å². The minimum Gasteiger partial charge on any atom is -0.350 e. The Labute approximate surface area is 174 Å². The molecule has 2 fully saturated rings. The fraction of sp³-hybridized carbons (Fsp3) is 0.474. The lowest BCUT2D eigenvalue weighted by atomic mass is 9.99. The van der Waals surface area contributed by atoms with E-state index in [4.69, 9.17) is 11.6 Å². The zero-order valence-electron chi connectivity index (χ0n) is 15.3. The van der Waals surface area contributed by atoms with Gasteiger partial charge >= 0.3 is 0 Å². The molecule has 2 aromatic rings. The molecule has 1 saturated heterocycles. The van der Waals surface area contributed by atoms with Crippen molar-refractivity contribution in [1.82, 2.24) is 14.6 Å². The van der Waals surface area contributed by atoms with E-state index in [1.165, 1.54) is 10.4 Å². The van der Waals surface area contributed by atoms with Gasteiger partial charge in [0.05, 0.1) is 22.1 Å². The van der Waals surface area contributed by atoms with Crippen LogP contribution < -0.4 is 5.32 Å². The number of nitrogens with one attached hydrogen (secondary N) is 1. The van der Waals surface area contributed by atoms with Crippen LogP contribution >= 0.6 is 22.9 Å². The Balaban J connectivity index is 1.34. The minimum absolute atomic E-state index is 0.120. The molecule has 1 N–H and O–H groups in total. The number of thiazole rings is 1. The molecular formula is C19H22ClN3O3S2. The molecule has 150 valence electrons. The second-order valence-corrected chi connectivity index (χ2v) is 10.6. The van der Waals surface area contributed by atoms with Crippen molar-refractivity contribution in [2.45, 2.75) is 43.0 Å². The van der Waals surface area contributed by atoms with Crippen molar-refractivity contribution in [3.05, 3.63) is 45.4 Å². The first kappa shape index (κ1) is 19.8. The third-order valence-corrected chi connectivity index (χ3v) is 8.38. The SMILES string of the molecule is O=C(NCc1csc(C2CCN(S(=O)(=O)c3cccc(Cl)c3)CC2)n1)C1CC1. The summed E-state index contributed by atoms with van der Waals surface area (Å²) in [6.45, 7) is 1.40. The Hall–Kier alpha value is -1.48. The molecule has 4 rings (SSSR count). The molecule has 0 bridgehead atoms. The van der Waals surface area contributed by atoms with Crippen LogP contribution in [0.2, 0.25) is 5.02 Å². The van der Waals surface area contributed by atoms with Crippen molar-refractivity contribution >= 4 is 38.9 Å². The van der Waals surface area contributed by atoms with E-state index in [2.05, 4.69) is 10.3 Å². The standard InChI is InChI=1S/C19H22ClN3O3S2/c20-15-2-1-3-17(10-15)28(25,26)23-8-6-14(7-9-23)19-22-16(12-27-19)11-21-18(24)13-4-5-13/h1-3,10,12-14H,4-9,11H2,(H,21,24). The number of sulfonamides is 1. The highest BCUT2D eigenvalue weighted by atomic mass is 35.5. The number of benzene rings is 1. The van der Waals surface area contributed by atoms with E-state index in [1.54, 1.807) is 29.5 Å². The van der Waals surface area contributed by atoms with E-state index in [-0.39, 0.29) is 22.6 Å². The molecule has 6 nitrogen and oxygen atoms in total. The first-order chi connectivity index (χ1) is 13.4. The van der Waals surface area contributed by atoms with Gasteiger partial charge in [0, 0.05) is 35.3 Å². The van der Waals surface area contributed by atoms with Gasteiger partial charge in [-0.2, -0.15) is 4.31 Å². The first-order valence-corrected chi connectivity index (χ1v) is 12.1. The van der Waals surface area contributed by atoms with E-state index in [0.717, 1.165) is 36.4 Å². The average molecular weight is 440 g/mol. The van der Waals surface area contributed by atoms with Crippen LogP contribution in [0.15, 0.2) is 34.5 Å². The van der Waals surface area contributed by atoms with Gasteiger partial charge in [-0.1, -0.05) is 17.7 Å². The minimum atomic E-state index is -3.52. The van der Waals surface area contributed by atoms with Gasteiger partial charge in [0.25, 0.3) is 0 Å². The number of amides is 1. The zero-order valence-corrected chi connectivity index (χ0v) is 17.7. The van der Waals surface area contributed by atoms with Crippen molar-refractivity contribution in [2.24, 2.45) is 5.92 Å². The maximum absolute atomic E-state index is 12.8. The molecule has 0 spiro atoms. The predicted octanol–water partition coefficient (Wildman–Crippen LogP) is 3.39. The zero-order chi connectivity index (χ0) is 19.7. The van der Waals surface area contributed by atoms with Crippen LogP contribution in [0.4, 0.5) is 0 Å². The van der Waals surface area contributed by atoms with Crippen LogP contribution in [0.5, 0.6) is 0 Å².